The normalized spacial score (nSPS) is 15.7. The highest BCUT2D eigenvalue weighted by atomic mass is 16.1. The minimum absolute atomic E-state index is 0.363. The molecule has 0 fully saturated rings. The van der Waals surface area contributed by atoms with Crippen molar-refractivity contribution in [2.45, 2.75) is 6.17 Å². The van der Waals surface area contributed by atoms with Crippen LogP contribution in [-0.4, -0.2) is 27.0 Å². The fourth-order valence-electron chi connectivity index (χ4n) is 2.51. The molecule has 1 aromatic carbocycles. The Morgan fingerprint density at radius 2 is 2.09 bits per heavy atom. The van der Waals surface area contributed by atoms with E-state index in [0.29, 0.717) is 0 Å². The third-order valence-corrected chi connectivity index (χ3v) is 3.60. The Balaban J connectivity index is 1.67. The van der Waals surface area contributed by atoms with Crippen molar-refractivity contribution < 1.29 is 4.79 Å². The number of imidazole rings is 1. The zero-order chi connectivity index (χ0) is 14.9. The molecule has 0 saturated carbocycles. The molecule has 6 heteroatoms. The minimum Gasteiger partial charge on any atom is -0.358 e. The van der Waals surface area contributed by atoms with Crippen LogP contribution in [-0.2, 0) is 4.79 Å². The average Bonchev–Trinajstić information content (AvgIpc) is 3.21. The number of fused-ring (bicyclic) bond motifs is 1. The van der Waals surface area contributed by atoms with Gasteiger partial charge in [-0.2, -0.15) is 0 Å². The first kappa shape index (κ1) is 12.6. The average molecular weight is 291 g/mol. The molecule has 3 heterocycles. The molecular formula is C16H13N5O. The molecule has 3 aromatic rings. The van der Waals surface area contributed by atoms with Crippen LogP contribution in [0.25, 0.3) is 16.9 Å². The van der Waals surface area contributed by atoms with Gasteiger partial charge in [-0.3, -0.25) is 9.78 Å². The second-order valence-corrected chi connectivity index (χ2v) is 5.04. The number of carbonyl (C=O) groups excluding carboxylic acids is 1. The van der Waals surface area contributed by atoms with E-state index in [4.69, 9.17) is 0 Å². The summed E-state index contributed by atoms with van der Waals surface area (Å²) < 4.78 is 1.93. The molecule has 0 amide bonds. The molecule has 6 nitrogen and oxygen atoms in total. The second kappa shape index (κ2) is 5.00. The molecule has 1 aliphatic heterocycles. The first-order valence-corrected chi connectivity index (χ1v) is 6.91. The Morgan fingerprint density at radius 1 is 1.18 bits per heavy atom. The summed E-state index contributed by atoms with van der Waals surface area (Å²) in [7, 11) is 0. The highest BCUT2D eigenvalue weighted by Crippen LogP contribution is 2.32. The van der Waals surface area contributed by atoms with Crippen LogP contribution in [0.5, 0.6) is 0 Å². The van der Waals surface area contributed by atoms with E-state index in [1.165, 1.54) is 0 Å². The molecule has 0 saturated heterocycles. The summed E-state index contributed by atoms with van der Waals surface area (Å²) in [5.74, 6) is 0. The van der Waals surface area contributed by atoms with Crippen molar-refractivity contribution in [2.75, 3.05) is 10.6 Å². The summed E-state index contributed by atoms with van der Waals surface area (Å²) in [6.45, 7) is 0. The molecule has 1 unspecified atom stereocenters. The number of carbonyl (C=O) groups is 1. The van der Waals surface area contributed by atoms with E-state index in [0.717, 1.165) is 34.6 Å². The number of hydrogen-bond donors (Lipinski definition) is 2. The summed E-state index contributed by atoms with van der Waals surface area (Å²) in [6.07, 6.45) is 7.73. The monoisotopic (exact) mass is 291 g/mol. The quantitative estimate of drug-likeness (QED) is 0.724. The fourth-order valence-corrected chi connectivity index (χ4v) is 2.51. The number of aromatic nitrogens is 3. The van der Waals surface area contributed by atoms with E-state index in [1.807, 2.05) is 41.1 Å². The van der Waals surface area contributed by atoms with Gasteiger partial charge in [0.1, 0.15) is 0 Å². The van der Waals surface area contributed by atoms with Gasteiger partial charge in [0.25, 0.3) is 0 Å². The molecular weight excluding hydrogens is 278 g/mol. The number of hydrogen-bond acceptors (Lipinski definition) is 5. The van der Waals surface area contributed by atoms with Crippen LogP contribution in [0.15, 0.2) is 55.2 Å². The van der Waals surface area contributed by atoms with Crippen molar-refractivity contribution in [1.82, 2.24) is 14.5 Å². The summed E-state index contributed by atoms with van der Waals surface area (Å²) >= 11 is 0. The van der Waals surface area contributed by atoms with Gasteiger partial charge >= 0.3 is 0 Å². The van der Waals surface area contributed by atoms with Crippen LogP contribution in [0, 0.1) is 0 Å². The Bertz CT molecular complexity index is 828. The van der Waals surface area contributed by atoms with Crippen molar-refractivity contribution in [2.24, 2.45) is 0 Å². The molecule has 22 heavy (non-hydrogen) atoms. The molecule has 0 aliphatic carbocycles. The second-order valence-electron chi connectivity index (χ2n) is 5.04. The predicted octanol–water partition coefficient (Wildman–Crippen LogP) is 2.30. The molecule has 2 aromatic heterocycles. The van der Waals surface area contributed by atoms with Crippen LogP contribution in [0.2, 0.25) is 0 Å². The lowest BCUT2D eigenvalue weighted by Gasteiger charge is -2.02. The Labute approximate surface area is 126 Å². The van der Waals surface area contributed by atoms with E-state index in [9.17, 15) is 4.79 Å². The maximum absolute atomic E-state index is 10.8. The van der Waals surface area contributed by atoms with Crippen LogP contribution in [0.3, 0.4) is 0 Å². The topological polar surface area (TPSA) is 71.8 Å². The molecule has 108 valence electrons. The number of benzene rings is 1. The zero-order valence-electron chi connectivity index (χ0n) is 11.6. The van der Waals surface area contributed by atoms with Crippen molar-refractivity contribution in [3.63, 3.8) is 0 Å². The van der Waals surface area contributed by atoms with E-state index in [1.54, 1.807) is 18.7 Å². The Kier molecular flexibility index (Phi) is 2.86. The van der Waals surface area contributed by atoms with Gasteiger partial charge in [0.2, 0.25) is 0 Å². The summed E-state index contributed by atoms with van der Waals surface area (Å²) in [5, 5.41) is 6.19. The zero-order valence-corrected chi connectivity index (χ0v) is 11.6. The smallest absolute Gasteiger partial charge is 0.162 e. The molecule has 1 atom stereocenters. The molecule has 0 bridgehead atoms. The molecule has 0 spiro atoms. The maximum Gasteiger partial charge on any atom is 0.162 e. The van der Waals surface area contributed by atoms with Crippen LogP contribution < -0.4 is 10.6 Å². The molecule has 1 aliphatic rings. The highest BCUT2D eigenvalue weighted by molar-refractivity contribution is 5.85. The third kappa shape index (κ3) is 2.10. The first-order chi connectivity index (χ1) is 10.8. The lowest BCUT2D eigenvalue weighted by atomic mass is 10.1. The number of nitrogens with zero attached hydrogens (tertiary/aromatic N) is 3. The van der Waals surface area contributed by atoms with Crippen LogP contribution in [0.4, 0.5) is 11.4 Å². The number of pyridine rings is 1. The highest BCUT2D eigenvalue weighted by Gasteiger charge is 2.19. The Hall–Kier alpha value is -3.15. The number of anilines is 2. The third-order valence-electron chi connectivity index (χ3n) is 3.60. The lowest BCUT2D eigenvalue weighted by molar-refractivity contribution is -0.107. The van der Waals surface area contributed by atoms with Gasteiger partial charge in [-0.05, 0) is 24.3 Å². The van der Waals surface area contributed by atoms with Crippen molar-refractivity contribution in [3.05, 3.63) is 55.2 Å². The number of aldehydes is 1. The van der Waals surface area contributed by atoms with Crippen molar-refractivity contribution in [3.8, 4) is 16.9 Å². The van der Waals surface area contributed by atoms with E-state index >= 15 is 0 Å². The summed E-state index contributed by atoms with van der Waals surface area (Å²) in [4.78, 5) is 19.4. The maximum atomic E-state index is 10.8. The SMILES string of the molecule is O=CC1Nc2ccc(-c3cn(-c4cccnc4)cn3)cc2N1. The van der Waals surface area contributed by atoms with Crippen molar-refractivity contribution in [1.29, 1.82) is 0 Å². The van der Waals surface area contributed by atoms with E-state index < -0.39 is 0 Å². The van der Waals surface area contributed by atoms with Gasteiger partial charge in [-0.1, -0.05) is 6.07 Å². The Morgan fingerprint density at radius 3 is 2.91 bits per heavy atom. The fraction of sp³-hybridized carbons (Fsp3) is 0.0625. The standard InChI is InChI=1S/C16H13N5O/c22-9-16-19-13-4-3-11(6-14(13)20-16)15-8-21(10-18-15)12-2-1-5-17-7-12/h1-10,16,19-20H. The summed E-state index contributed by atoms with van der Waals surface area (Å²) in [6, 6.07) is 9.78. The van der Waals surface area contributed by atoms with Gasteiger partial charge in [0.05, 0.1) is 35.3 Å². The van der Waals surface area contributed by atoms with Gasteiger partial charge in [0.15, 0.2) is 12.5 Å². The number of nitrogens with one attached hydrogen (secondary N) is 2. The van der Waals surface area contributed by atoms with Gasteiger partial charge in [0, 0.05) is 18.0 Å². The lowest BCUT2D eigenvalue weighted by Crippen LogP contribution is -2.22. The predicted molar refractivity (Wildman–Crippen MR) is 83.9 cm³/mol. The summed E-state index contributed by atoms with van der Waals surface area (Å²) in [5.41, 5.74) is 4.64. The van der Waals surface area contributed by atoms with E-state index in [-0.39, 0.29) is 6.17 Å². The largest absolute Gasteiger partial charge is 0.358 e. The molecule has 2 N–H and O–H groups in total. The van der Waals surface area contributed by atoms with Crippen molar-refractivity contribution >= 4 is 17.7 Å². The first-order valence-electron chi connectivity index (χ1n) is 6.91. The van der Waals surface area contributed by atoms with Crippen LogP contribution in [0.1, 0.15) is 0 Å². The van der Waals surface area contributed by atoms with Crippen LogP contribution >= 0.6 is 0 Å². The van der Waals surface area contributed by atoms with Gasteiger partial charge in [-0.25, -0.2) is 4.98 Å². The van der Waals surface area contributed by atoms with Gasteiger partial charge < -0.3 is 15.2 Å². The van der Waals surface area contributed by atoms with Gasteiger partial charge in [-0.15, -0.1) is 0 Å². The molecule has 0 radical (unpaired) electrons. The minimum atomic E-state index is -0.363. The van der Waals surface area contributed by atoms with E-state index in [2.05, 4.69) is 20.6 Å². The molecule has 4 rings (SSSR count). The number of rotatable bonds is 3.